The van der Waals surface area contributed by atoms with Gasteiger partial charge in [0.1, 0.15) is 12.4 Å². The van der Waals surface area contributed by atoms with Gasteiger partial charge in [0.15, 0.2) is 0 Å². The molecule has 0 heterocycles. The summed E-state index contributed by atoms with van der Waals surface area (Å²) >= 11 is 0. The summed E-state index contributed by atoms with van der Waals surface area (Å²) in [7, 11) is 0. The van der Waals surface area contributed by atoms with E-state index < -0.39 is 5.97 Å². The minimum atomic E-state index is -0.506. The maximum atomic E-state index is 10.8. The van der Waals surface area contributed by atoms with Crippen LogP contribution >= 0.6 is 0 Å². The van der Waals surface area contributed by atoms with Crippen molar-refractivity contribution in [2.24, 2.45) is 0 Å². The molecular formula is C19H15NO3. The third kappa shape index (κ3) is 4.87. The normalized spacial score (nSPS) is 10.0. The number of ether oxygens (including phenoxy) is 2. The van der Waals surface area contributed by atoms with Crippen LogP contribution in [-0.2, 0) is 9.53 Å². The molecule has 4 nitrogen and oxygen atoms in total. The Hall–Kier alpha value is -3.32. The van der Waals surface area contributed by atoms with Crippen molar-refractivity contribution in [1.29, 1.82) is 5.26 Å². The Morgan fingerprint density at radius 3 is 2.26 bits per heavy atom. The molecule has 2 rings (SSSR count). The van der Waals surface area contributed by atoms with Crippen LogP contribution in [0, 0.1) is 11.3 Å². The van der Waals surface area contributed by atoms with Crippen LogP contribution in [0.5, 0.6) is 5.75 Å². The van der Waals surface area contributed by atoms with E-state index in [0.717, 1.165) is 17.2 Å². The number of hydrogen-bond donors (Lipinski definition) is 0. The van der Waals surface area contributed by atoms with E-state index in [0.29, 0.717) is 17.9 Å². The smallest absolute Gasteiger partial charge is 0.334 e. The fraction of sp³-hybridized carbons (Fsp3) is 0.0526. The average molecular weight is 305 g/mol. The molecule has 0 radical (unpaired) electrons. The van der Waals surface area contributed by atoms with Crippen LogP contribution in [0.4, 0.5) is 0 Å². The van der Waals surface area contributed by atoms with Crippen molar-refractivity contribution in [3.63, 3.8) is 0 Å². The first-order valence-electron chi connectivity index (χ1n) is 6.94. The number of rotatable bonds is 6. The van der Waals surface area contributed by atoms with Crippen molar-refractivity contribution in [2.45, 2.75) is 0 Å². The minimum Gasteiger partial charge on any atom is -0.489 e. The summed E-state index contributed by atoms with van der Waals surface area (Å²) in [6, 6.07) is 17.1. The van der Waals surface area contributed by atoms with Crippen LogP contribution in [-0.4, -0.2) is 12.6 Å². The fourth-order valence-corrected chi connectivity index (χ4v) is 1.83. The lowest BCUT2D eigenvalue weighted by Gasteiger charge is -2.05. The summed E-state index contributed by atoms with van der Waals surface area (Å²) in [5.41, 5.74) is 2.71. The SMILES string of the molecule is C=CC(=O)OC=CCOc1ccc(-c2ccc(C#N)cc2)cc1. The standard InChI is InChI=1S/C19H15NO3/c1-2-19(21)23-13-3-12-22-18-10-8-17(9-11-18)16-6-4-15(14-20)5-7-16/h2-11,13H,1,12H2. The van der Waals surface area contributed by atoms with Gasteiger partial charge < -0.3 is 9.47 Å². The second kappa shape index (κ2) is 8.20. The van der Waals surface area contributed by atoms with Crippen molar-refractivity contribution < 1.29 is 14.3 Å². The molecule has 0 saturated carbocycles. The second-order valence-corrected chi connectivity index (χ2v) is 4.54. The number of carbonyl (C=O) groups excluding carboxylic acids is 1. The number of hydrogen-bond acceptors (Lipinski definition) is 4. The Morgan fingerprint density at radius 2 is 1.70 bits per heavy atom. The number of esters is 1. The molecule has 0 amide bonds. The third-order valence-electron chi connectivity index (χ3n) is 2.99. The summed E-state index contributed by atoms with van der Waals surface area (Å²) < 4.78 is 10.2. The monoisotopic (exact) mass is 305 g/mol. The first kappa shape index (κ1) is 16.1. The van der Waals surface area contributed by atoms with E-state index in [1.807, 2.05) is 36.4 Å². The maximum Gasteiger partial charge on any atom is 0.334 e. The fourth-order valence-electron chi connectivity index (χ4n) is 1.83. The summed E-state index contributed by atoms with van der Waals surface area (Å²) in [5, 5.41) is 8.80. The summed E-state index contributed by atoms with van der Waals surface area (Å²) in [6.07, 6.45) is 3.96. The molecule has 2 aromatic rings. The Balaban J connectivity index is 1.90. The van der Waals surface area contributed by atoms with E-state index in [4.69, 9.17) is 10.00 Å². The summed E-state index contributed by atoms with van der Waals surface area (Å²) in [5.74, 6) is 0.204. The van der Waals surface area contributed by atoms with Gasteiger partial charge in [-0.2, -0.15) is 5.26 Å². The van der Waals surface area contributed by atoms with Gasteiger partial charge in [-0.25, -0.2) is 4.79 Å². The zero-order valence-electron chi connectivity index (χ0n) is 12.4. The van der Waals surface area contributed by atoms with Gasteiger partial charge in [-0.15, -0.1) is 0 Å². The van der Waals surface area contributed by atoms with Crippen molar-refractivity contribution in [3.8, 4) is 22.9 Å². The van der Waals surface area contributed by atoms with Crippen LogP contribution < -0.4 is 4.74 Å². The molecule has 2 aromatic carbocycles. The van der Waals surface area contributed by atoms with E-state index in [9.17, 15) is 4.79 Å². The molecule has 0 aliphatic heterocycles. The van der Waals surface area contributed by atoms with Crippen molar-refractivity contribution in [1.82, 2.24) is 0 Å². The lowest BCUT2D eigenvalue weighted by Crippen LogP contribution is -1.96. The van der Waals surface area contributed by atoms with Gasteiger partial charge in [0, 0.05) is 6.08 Å². The number of nitrogens with zero attached hydrogens (tertiary/aromatic N) is 1. The second-order valence-electron chi connectivity index (χ2n) is 4.54. The molecule has 0 bridgehead atoms. The predicted molar refractivity (Wildman–Crippen MR) is 87.5 cm³/mol. The van der Waals surface area contributed by atoms with Crippen LogP contribution in [0.1, 0.15) is 5.56 Å². The molecule has 0 spiro atoms. The molecule has 0 unspecified atom stereocenters. The van der Waals surface area contributed by atoms with Gasteiger partial charge in [0.05, 0.1) is 17.9 Å². The summed E-state index contributed by atoms with van der Waals surface area (Å²) in [4.78, 5) is 10.8. The number of carbonyl (C=O) groups is 1. The molecule has 0 aliphatic carbocycles. The van der Waals surface area contributed by atoms with Crippen molar-refractivity contribution in [2.75, 3.05) is 6.61 Å². The first-order chi connectivity index (χ1) is 11.2. The van der Waals surface area contributed by atoms with Gasteiger partial charge in [-0.1, -0.05) is 30.8 Å². The summed E-state index contributed by atoms with van der Waals surface area (Å²) in [6.45, 7) is 3.59. The Morgan fingerprint density at radius 1 is 1.09 bits per heavy atom. The topological polar surface area (TPSA) is 59.3 Å². The van der Waals surface area contributed by atoms with Gasteiger partial charge in [-0.3, -0.25) is 0 Å². The molecular weight excluding hydrogens is 290 g/mol. The lowest BCUT2D eigenvalue weighted by molar-refractivity contribution is -0.132. The van der Waals surface area contributed by atoms with Crippen LogP contribution in [0.25, 0.3) is 11.1 Å². The van der Waals surface area contributed by atoms with Crippen molar-refractivity contribution in [3.05, 3.63) is 79.1 Å². The highest BCUT2D eigenvalue weighted by molar-refractivity contribution is 5.81. The zero-order valence-corrected chi connectivity index (χ0v) is 12.4. The molecule has 0 aromatic heterocycles. The van der Waals surface area contributed by atoms with E-state index in [-0.39, 0.29) is 0 Å². The molecule has 0 fully saturated rings. The first-order valence-corrected chi connectivity index (χ1v) is 6.94. The number of nitriles is 1. The van der Waals surface area contributed by atoms with Crippen LogP contribution in [0.15, 0.2) is 73.5 Å². The molecule has 4 heteroatoms. The molecule has 114 valence electrons. The molecule has 23 heavy (non-hydrogen) atoms. The quantitative estimate of drug-likeness (QED) is 0.462. The third-order valence-corrected chi connectivity index (χ3v) is 2.99. The van der Waals surface area contributed by atoms with E-state index in [1.165, 1.54) is 6.26 Å². The van der Waals surface area contributed by atoms with Gasteiger partial charge in [0.25, 0.3) is 0 Å². The Bertz CT molecular complexity index is 738. The Labute approximate surface area is 134 Å². The highest BCUT2D eigenvalue weighted by Gasteiger charge is 1.99. The van der Waals surface area contributed by atoms with E-state index in [1.54, 1.807) is 18.2 Å². The lowest BCUT2D eigenvalue weighted by atomic mass is 10.0. The molecule has 0 saturated heterocycles. The van der Waals surface area contributed by atoms with Gasteiger partial charge in [0.2, 0.25) is 0 Å². The van der Waals surface area contributed by atoms with Crippen LogP contribution in [0.2, 0.25) is 0 Å². The zero-order chi connectivity index (χ0) is 16.5. The minimum absolute atomic E-state index is 0.292. The van der Waals surface area contributed by atoms with Gasteiger partial charge >= 0.3 is 5.97 Å². The molecule has 0 atom stereocenters. The predicted octanol–water partition coefficient (Wildman–Crippen LogP) is 3.85. The maximum absolute atomic E-state index is 10.8. The van der Waals surface area contributed by atoms with E-state index in [2.05, 4.69) is 17.4 Å². The average Bonchev–Trinajstić information content (AvgIpc) is 2.62. The Kier molecular flexibility index (Phi) is 5.73. The van der Waals surface area contributed by atoms with Crippen molar-refractivity contribution >= 4 is 5.97 Å². The highest BCUT2D eigenvalue weighted by atomic mass is 16.5. The van der Waals surface area contributed by atoms with Gasteiger partial charge in [-0.05, 0) is 41.5 Å². The highest BCUT2D eigenvalue weighted by Crippen LogP contribution is 2.22. The number of benzene rings is 2. The molecule has 0 aliphatic rings. The molecule has 0 N–H and O–H groups in total. The largest absolute Gasteiger partial charge is 0.489 e. The van der Waals surface area contributed by atoms with Crippen LogP contribution in [0.3, 0.4) is 0 Å². The van der Waals surface area contributed by atoms with E-state index >= 15 is 0 Å².